The molecular weight excluding hydrogens is 494 g/mol. The second-order valence-electron chi connectivity index (χ2n) is 13.0. The van der Waals surface area contributed by atoms with E-state index in [-0.39, 0.29) is 17.9 Å². The summed E-state index contributed by atoms with van der Waals surface area (Å²) in [6.07, 6.45) is 6.10. The number of aliphatic hydroxyl groups is 1. The number of fused-ring (bicyclic) bond motifs is 1. The Kier molecular flexibility index (Phi) is 9.46. The standard InChI is InChI=1S/C31H47N3O3S/c1-10-15-37-26(30(6,7)20-35)16-21(2)32-28(36)31(8,9)38-23-13-14-25-24(17-23)33-27(18-29(3,4)5)34(25)19-22-11-12-22/h13-14,16-17,22,35H,2,10-12,15,18-20H2,1,3-9H3,(H,32,36). The summed E-state index contributed by atoms with van der Waals surface area (Å²) in [6.45, 7) is 22.0. The fourth-order valence-electron chi connectivity index (χ4n) is 4.15. The summed E-state index contributed by atoms with van der Waals surface area (Å²) in [5.41, 5.74) is 2.19. The number of carbonyl (C=O) groups is 1. The van der Waals surface area contributed by atoms with Crippen molar-refractivity contribution in [2.45, 2.75) is 97.3 Å². The largest absolute Gasteiger partial charge is 0.497 e. The van der Waals surface area contributed by atoms with Crippen LogP contribution in [-0.4, -0.2) is 38.5 Å². The number of hydrogen-bond donors (Lipinski definition) is 2. The van der Waals surface area contributed by atoms with E-state index in [9.17, 15) is 9.90 Å². The van der Waals surface area contributed by atoms with Crippen molar-refractivity contribution in [2.75, 3.05) is 13.2 Å². The quantitative estimate of drug-likeness (QED) is 0.164. The molecule has 2 N–H and O–H groups in total. The third-order valence-corrected chi connectivity index (χ3v) is 7.83. The third kappa shape index (κ3) is 8.12. The molecule has 2 aromatic rings. The molecule has 1 saturated carbocycles. The number of ether oxygens (including phenoxy) is 1. The lowest BCUT2D eigenvalue weighted by atomic mass is 9.91. The number of aliphatic hydroxyl groups excluding tert-OH is 1. The fraction of sp³-hybridized carbons (Fsp3) is 0.613. The van der Waals surface area contributed by atoms with E-state index in [2.05, 4.69) is 55.4 Å². The lowest BCUT2D eigenvalue weighted by Gasteiger charge is -2.27. The van der Waals surface area contributed by atoms with Gasteiger partial charge in [0.2, 0.25) is 5.91 Å². The highest BCUT2D eigenvalue weighted by atomic mass is 32.2. The van der Waals surface area contributed by atoms with E-state index in [0.717, 1.165) is 41.5 Å². The highest BCUT2D eigenvalue weighted by Gasteiger charge is 2.31. The van der Waals surface area contributed by atoms with Gasteiger partial charge in [-0.05, 0) is 68.7 Å². The number of amides is 1. The molecule has 1 aliphatic carbocycles. The minimum absolute atomic E-state index is 0.0680. The number of carbonyl (C=O) groups excluding carboxylic acids is 1. The Morgan fingerprint density at radius 2 is 1.92 bits per heavy atom. The maximum Gasteiger partial charge on any atom is 0.240 e. The van der Waals surface area contributed by atoms with Gasteiger partial charge in [0, 0.05) is 29.0 Å². The van der Waals surface area contributed by atoms with Crippen LogP contribution < -0.4 is 5.32 Å². The molecular formula is C31H47N3O3S. The first kappa shape index (κ1) is 30.3. The molecule has 1 aliphatic rings. The first-order valence-electron chi connectivity index (χ1n) is 13.8. The van der Waals surface area contributed by atoms with Crippen molar-refractivity contribution >= 4 is 28.7 Å². The number of hydrogen-bond acceptors (Lipinski definition) is 5. The van der Waals surface area contributed by atoms with E-state index in [4.69, 9.17) is 9.72 Å². The van der Waals surface area contributed by atoms with E-state index in [1.165, 1.54) is 30.1 Å². The molecule has 38 heavy (non-hydrogen) atoms. The molecule has 1 heterocycles. The Morgan fingerprint density at radius 1 is 1.24 bits per heavy atom. The summed E-state index contributed by atoms with van der Waals surface area (Å²) in [5, 5.41) is 12.7. The smallest absolute Gasteiger partial charge is 0.240 e. The van der Waals surface area contributed by atoms with Gasteiger partial charge in [0.15, 0.2) is 0 Å². The Morgan fingerprint density at radius 3 is 2.50 bits per heavy atom. The van der Waals surface area contributed by atoms with E-state index >= 15 is 0 Å². The number of benzene rings is 1. The molecule has 1 aromatic heterocycles. The van der Waals surface area contributed by atoms with E-state index in [1.807, 2.05) is 34.6 Å². The average molecular weight is 542 g/mol. The lowest BCUT2D eigenvalue weighted by molar-refractivity contribution is -0.121. The SMILES string of the molecule is C=C(C=C(OCCC)C(C)(C)CO)NC(=O)C(C)(C)Sc1ccc2c(c1)nc(CC(C)(C)C)n2CC1CC1. The van der Waals surface area contributed by atoms with Gasteiger partial charge in [-0.2, -0.15) is 0 Å². The van der Waals surface area contributed by atoms with E-state index in [1.54, 1.807) is 6.08 Å². The molecule has 0 spiro atoms. The second-order valence-corrected chi connectivity index (χ2v) is 14.7. The Hall–Kier alpha value is -2.25. The van der Waals surface area contributed by atoms with Gasteiger partial charge in [0.1, 0.15) is 11.6 Å². The van der Waals surface area contributed by atoms with Gasteiger partial charge in [0.05, 0.1) is 29.0 Å². The van der Waals surface area contributed by atoms with Crippen LogP contribution in [-0.2, 0) is 22.5 Å². The van der Waals surface area contributed by atoms with Gasteiger partial charge < -0.3 is 19.7 Å². The van der Waals surface area contributed by atoms with Crippen LogP contribution in [0, 0.1) is 16.7 Å². The molecule has 0 unspecified atom stereocenters. The van der Waals surface area contributed by atoms with Crippen LogP contribution in [0.15, 0.2) is 47.2 Å². The maximum absolute atomic E-state index is 13.3. The molecule has 210 valence electrons. The molecule has 7 heteroatoms. The van der Waals surface area contributed by atoms with Crippen LogP contribution in [0.1, 0.15) is 80.5 Å². The number of aromatic nitrogens is 2. The predicted molar refractivity (Wildman–Crippen MR) is 158 cm³/mol. The van der Waals surface area contributed by atoms with Crippen LogP contribution in [0.25, 0.3) is 11.0 Å². The van der Waals surface area contributed by atoms with E-state index < -0.39 is 10.2 Å². The van der Waals surface area contributed by atoms with Crippen LogP contribution in [0.4, 0.5) is 0 Å². The van der Waals surface area contributed by atoms with Crippen molar-refractivity contribution in [3.63, 3.8) is 0 Å². The first-order chi connectivity index (χ1) is 17.6. The Labute approximate surface area is 233 Å². The van der Waals surface area contributed by atoms with Crippen molar-refractivity contribution in [1.29, 1.82) is 0 Å². The topological polar surface area (TPSA) is 76.4 Å². The molecule has 3 rings (SSSR count). The van der Waals surface area contributed by atoms with Crippen molar-refractivity contribution < 1.29 is 14.6 Å². The van der Waals surface area contributed by atoms with Crippen LogP contribution in [0.2, 0.25) is 0 Å². The van der Waals surface area contributed by atoms with Crippen LogP contribution >= 0.6 is 11.8 Å². The van der Waals surface area contributed by atoms with Gasteiger partial charge in [-0.3, -0.25) is 4.79 Å². The number of imidazole rings is 1. The highest BCUT2D eigenvalue weighted by Crippen LogP contribution is 2.37. The van der Waals surface area contributed by atoms with E-state index in [0.29, 0.717) is 18.1 Å². The van der Waals surface area contributed by atoms with Crippen molar-refractivity contribution in [3.8, 4) is 0 Å². The minimum Gasteiger partial charge on any atom is -0.497 e. The minimum atomic E-state index is -0.744. The highest BCUT2D eigenvalue weighted by molar-refractivity contribution is 8.01. The molecule has 0 atom stereocenters. The summed E-state index contributed by atoms with van der Waals surface area (Å²) in [6, 6.07) is 6.37. The molecule has 0 bridgehead atoms. The van der Waals surface area contributed by atoms with Crippen molar-refractivity contribution in [3.05, 3.63) is 48.1 Å². The lowest BCUT2D eigenvalue weighted by Crippen LogP contribution is -2.39. The first-order valence-corrected chi connectivity index (χ1v) is 14.6. The monoisotopic (exact) mass is 541 g/mol. The predicted octanol–water partition coefficient (Wildman–Crippen LogP) is 6.86. The fourth-order valence-corrected chi connectivity index (χ4v) is 5.19. The Balaban J connectivity index is 1.77. The number of rotatable bonds is 13. The number of thioether (sulfide) groups is 1. The number of nitrogens with zero attached hydrogens (tertiary/aromatic N) is 2. The summed E-state index contributed by atoms with van der Waals surface area (Å²) in [5.74, 6) is 2.37. The molecule has 1 amide bonds. The van der Waals surface area contributed by atoms with Gasteiger partial charge in [-0.25, -0.2) is 4.98 Å². The van der Waals surface area contributed by atoms with Gasteiger partial charge in [-0.1, -0.05) is 48.1 Å². The Bertz CT molecular complexity index is 1180. The second kappa shape index (κ2) is 11.9. The number of nitrogens with one attached hydrogen (secondary N) is 1. The zero-order valence-corrected chi connectivity index (χ0v) is 25.4. The summed E-state index contributed by atoms with van der Waals surface area (Å²) >= 11 is 1.51. The van der Waals surface area contributed by atoms with Crippen molar-refractivity contribution in [1.82, 2.24) is 14.9 Å². The summed E-state index contributed by atoms with van der Waals surface area (Å²) in [4.78, 5) is 19.3. The maximum atomic E-state index is 13.3. The molecule has 6 nitrogen and oxygen atoms in total. The van der Waals surface area contributed by atoms with Gasteiger partial charge in [-0.15, -0.1) is 11.8 Å². The molecule has 1 aromatic carbocycles. The molecule has 1 fully saturated rings. The summed E-state index contributed by atoms with van der Waals surface area (Å²) < 4.78 is 7.53. The van der Waals surface area contributed by atoms with Crippen LogP contribution in [0.3, 0.4) is 0 Å². The zero-order chi connectivity index (χ0) is 28.3. The van der Waals surface area contributed by atoms with Gasteiger partial charge in [0.25, 0.3) is 0 Å². The molecule has 0 aliphatic heterocycles. The molecule has 0 saturated heterocycles. The number of allylic oxidation sites excluding steroid dienone is 1. The zero-order valence-electron chi connectivity index (χ0n) is 24.6. The summed E-state index contributed by atoms with van der Waals surface area (Å²) in [7, 11) is 0. The van der Waals surface area contributed by atoms with Gasteiger partial charge >= 0.3 is 0 Å². The van der Waals surface area contributed by atoms with Crippen LogP contribution in [0.5, 0.6) is 0 Å². The van der Waals surface area contributed by atoms with Crippen molar-refractivity contribution in [2.24, 2.45) is 16.7 Å². The third-order valence-electron chi connectivity index (χ3n) is 6.65. The average Bonchev–Trinajstić information content (AvgIpc) is 3.57. The molecule has 0 radical (unpaired) electrons. The normalized spacial score (nSPS) is 15.1.